The smallest absolute Gasteiger partial charge is 0.306 e. The van der Waals surface area contributed by atoms with Crippen LogP contribution in [0.5, 0.6) is 0 Å². The van der Waals surface area contributed by atoms with Crippen LogP contribution in [-0.2, 0) is 27.9 Å². The third kappa shape index (κ3) is 61.8. The van der Waals surface area contributed by atoms with Crippen molar-refractivity contribution >= 4 is 19.7 Å². The average Bonchev–Trinajstić information content (AvgIpc) is 3.44. The summed E-state index contributed by atoms with van der Waals surface area (Å²) in [5.41, 5.74) is 0. The number of phosphoric ester groups is 1. The van der Waals surface area contributed by atoms with E-state index in [1.54, 1.807) is 0 Å². The number of rotatable bonds is 62. The molecule has 0 spiro atoms. The first-order valence-corrected chi connectivity index (χ1v) is 35.7. The van der Waals surface area contributed by atoms with Gasteiger partial charge in [0.2, 0.25) is 5.91 Å². The van der Waals surface area contributed by atoms with E-state index < -0.39 is 26.6 Å². The van der Waals surface area contributed by atoms with Gasteiger partial charge >= 0.3 is 5.97 Å². The van der Waals surface area contributed by atoms with E-state index in [-0.39, 0.29) is 24.9 Å². The topological polar surface area (TPSA) is 114 Å². The highest BCUT2D eigenvalue weighted by molar-refractivity contribution is 7.45. The molecule has 0 fully saturated rings. The molecule has 0 saturated heterocycles. The summed E-state index contributed by atoms with van der Waals surface area (Å²) in [5, 5.41) is 3.04. The number of quaternary nitrogens is 1. The molecule has 0 heterocycles. The van der Waals surface area contributed by atoms with Crippen LogP contribution < -0.4 is 10.2 Å². The number of carbonyl (C=O) groups excluding carboxylic acids is 2. The van der Waals surface area contributed by atoms with Crippen LogP contribution in [0.25, 0.3) is 0 Å². The Morgan fingerprint density at radius 3 is 1.15 bits per heavy atom. The molecule has 81 heavy (non-hydrogen) atoms. The Kier molecular flexibility index (Phi) is 58.7. The third-order valence-corrected chi connectivity index (χ3v) is 16.1. The number of nitrogens with one attached hydrogen (secondary N) is 1. The molecule has 0 radical (unpaired) electrons. The van der Waals surface area contributed by atoms with Crippen molar-refractivity contribution in [3.05, 3.63) is 72.9 Å². The lowest BCUT2D eigenvalue weighted by molar-refractivity contribution is -0.870. The lowest BCUT2D eigenvalue weighted by Crippen LogP contribution is -2.47. The van der Waals surface area contributed by atoms with Gasteiger partial charge in [-0.05, 0) is 102 Å². The van der Waals surface area contributed by atoms with Gasteiger partial charge in [-0.2, -0.15) is 0 Å². The molecule has 10 heteroatoms. The molecule has 9 nitrogen and oxygen atoms in total. The van der Waals surface area contributed by atoms with Gasteiger partial charge in [-0.3, -0.25) is 14.2 Å². The summed E-state index contributed by atoms with van der Waals surface area (Å²) in [6.45, 7) is 6.81. The van der Waals surface area contributed by atoms with Gasteiger partial charge in [-0.15, -0.1) is 0 Å². The normalized spacial score (nSPS) is 14.0. The molecule has 0 rings (SSSR count). The van der Waals surface area contributed by atoms with Crippen LogP contribution in [0.15, 0.2) is 72.9 Å². The monoisotopic (exact) mass is 1150 g/mol. The molecule has 0 aliphatic rings. The molecule has 1 amide bonds. The van der Waals surface area contributed by atoms with E-state index in [0.29, 0.717) is 17.4 Å². The molecule has 3 atom stereocenters. The van der Waals surface area contributed by atoms with Crippen LogP contribution in [0, 0.1) is 0 Å². The van der Waals surface area contributed by atoms with E-state index in [0.717, 1.165) is 89.9 Å². The summed E-state index contributed by atoms with van der Waals surface area (Å²) < 4.78 is 30.4. The summed E-state index contributed by atoms with van der Waals surface area (Å²) in [7, 11) is 1.18. The Morgan fingerprint density at radius 2 is 0.753 bits per heavy atom. The largest absolute Gasteiger partial charge is 0.756 e. The number of allylic oxidation sites excluding steroid dienone is 11. The number of phosphoric acid groups is 1. The summed E-state index contributed by atoms with van der Waals surface area (Å²) in [4.78, 5) is 40.1. The zero-order valence-electron chi connectivity index (χ0n) is 54.0. The number of likely N-dealkylation sites (N-methyl/N-ethyl adjacent to an activating group) is 1. The van der Waals surface area contributed by atoms with Crippen LogP contribution in [0.1, 0.15) is 316 Å². The molecule has 0 aromatic rings. The number of esters is 1. The van der Waals surface area contributed by atoms with Gasteiger partial charge in [-0.1, -0.05) is 274 Å². The number of hydrogen-bond acceptors (Lipinski definition) is 7. The molecule has 0 aromatic heterocycles. The number of hydrogen-bond donors (Lipinski definition) is 1. The standard InChI is InChI=1S/C71H131N2O7P/c1-7-10-13-16-19-22-25-28-30-32-33-34-35-36-37-38-39-41-43-46-49-52-55-58-61-64-71(75)80-69(62-59-56-53-50-47-44-27-24-21-18-15-12-9-3)68(67-79-81(76,77)78-66-65-73(4,5)6)72-70(74)63-60-57-54-51-48-45-42-40-31-29-26-23-20-17-14-11-8-2/h19-20,22-23,28-31,33-34,59,62,68-69H,7-18,21,24-27,32,35-58,60-61,63-67H2,1-6H3,(H-,72,74,76,77)/b22-19-,23-20-,30-28-,31-29-,34-33-,62-59-. The van der Waals surface area contributed by atoms with E-state index in [1.807, 2.05) is 33.3 Å². The first-order valence-electron chi connectivity index (χ1n) is 34.2. The Labute approximate surface area is 502 Å². The van der Waals surface area contributed by atoms with Gasteiger partial charge in [0, 0.05) is 12.8 Å². The molecule has 0 saturated carbocycles. The predicted octanol–water partition coefficient (Wildman–Crippen LogP) is 20.9. The Balaban J connectivity index is 5.14. The molecular formula is C71H131N2O7P. The van der Waals surface area contributed by atoms with Crippen LogP contribution in [0.2, 0.25) is 0 Å². The number of unbranched alkanes of at least 4 members (excludes halogenated alkanes) is 36. The van der Waals surface area contributed by atoms with Crippen molar-refractivity contribution < 1.29 is 37.3 Å². The second-order valence-corrected chi connectivity index (χ2v) is 25.7. The number of carbonyl (C=O) groups is 2. The minimum atomic E-state index is -4.71. The minimum absolute atomic E-state index is 0.0255. The van der Waals surface area contributed by atoms with E-state index in [1.165, 1.54) is 193 Å². The zero-order chi connectivity index (χ0) is 59.3. The lowest BCUT2D eigenvalue weighted by Gasteiger charge is -2.30. The highest BCUT2D eigenvalue weighted by Crippen LogP contribution is 2.38. The predicted molar refractivity (Wildman–Crippen MR) is 348 cm³/mol. The zero-order valence-corrected chi connectivity index (χ0v) is 54.9. The van der Waals surface area contributed by atoms with Crippen LogP contribution in [0.4, 0.5) is 0 Å². The molecule has 1 N–H and O–H groups in total. The van der Waals surface area contributed by atoms with Gasteiger partial charge in [0.1, 0.15) is 19.3 Å². The second-order valence-electron chi connectivity index (χ2n) is 24.3. The Hall–Kier alpha value is -2.55. The summed E-state index contributed by atoms with van der Waals surface area (Å²) in [6, 6.07) is -0.896. The van der Waals surface area contributed by atoms with Crippen molar-refractivity contribution in [1.82, 2.24) is 5.32 Å². The fourth-order valence-electron chi connectivity index (χ4n) is 9.80. The quantitative estimate of drug-likeness (QED) is 0.0212. The second kappa shape index (κ2) is 60.6. The fraction of sp³-hybridized carbons (Fsp3) is 0.803. The maximum absolute atomic E-state index is 13.6. The van der Waals surface area contributed by atoms with Gasteiger partial charge in [0.15, 0.2) is 0 Å². The lowest BCUT2D eigenvalue weighted by atomic mass is 10.0. The molecule has 472 valence electrons. The summed E-state index contributed by atoms with van der Waals surface area (Å²) >= 11 is 0. The first kappa shape index (κ1) is 78.5. The number of ether oxygens (including phenoxy) is 1. The van der Waals surface area contributed by atoms with E-state index >= 15 is 0 Å². The summed E-state index contributed by atoms with van der Waals surface area (Å²) in [6.07, 6.45) is 78.7. The van der Waals surface area contributed by atoms with Gasteiger partial charge in [-0.25, -0.2) is 0 Å². The number of amides is 1. The maximum Gasteiger partial charge on any atom is 0.306 e. The van der Waals surface area contributed by atoms with Crippen molar-refractivity contribution in [3.8, 4) is 0 Å². The van der Waals surface area contributed by atoms with Crippen LogP contribution in [0.3, 0.4) is 0 Å². The fourth-order valence-corrected chi connectivity index (χ4v) is 10.5. The highest BCUT2D eigenvalue weighted by atomic mass is 31.2. The first-order chi connectivity index (χ1) is 39.4. The molecular weight excluding hydrogens is 1020 g/mol. The molecule has 0 bridgehead atoms. The van der Waals surface area contributed by atoms with Crippen molar-refractivity contribution in [3.63, 3.8) is 0 Å². The van der Waals surface area contributed by atoms with E-state index in [9.17, 15) is 19.0 Å². The Bertz CT molecular complexity index is 1620. The number of nitrogens with zero attached hydrogens (tertiary/aromatic N) is 1. The van der Waals surface area contributed by atoms with Gasteiger partial charge in [0.25, 0.3) is 7.82 Å². The SMILES string of the molecule is CCCCC/C=C\C/C=C\C/C=C\CCCCCCCCCCCCCCC(=O)OC(/C=C\CCCCCCCCCCCCC)C(COP(=O)([O-])OCC[N+](C)(C)C)NC(=O)CCCCCCCCC/C=C\C/C=C\CCCCC. The molecule has 0 aliphatic carbocycles. The molecule has 3 unspecified atom stereocenters. The van der Waals surface area contributed by atoms with Crippen molar-refractivity contribution in [2.45, 2.75) is 328 Å². The summed E-state index contributed by atoms with van der Waals surface area (Å²) in [5.74, 6) is -0.545. The van der Waals surface area contributed by atoms with Crippen LogP contribution >= 0.6 is 7.82 Å². The van der Waals surface area contributed by atoms with Gasteiger partial charge in [0.05, 0.1) is 33.8 Å². The van der Waals surface area contributed by atoms with Crippen molar-refractivity contribution in [2.75, 3.05) is 40.9 Å². The van der Waals surface area contributed by atoms with E-state index in [2.05, 4.69) is 86.8 Å². The van der Waals surface area contributed by atoms with E-state index in [4.69, 9.17) is 13.8 Å². The minimum Gasteiger partial charge on any atom is -0.756 e. The average molecular weight is 1160 g/mol. The highest BCUT2D eigenvalue weighted by Gasteiger charge is 2.27. The van der Waals surface area contributed by atoms with Crippen LogP contribution in [-0.4, -0.2) is 69.4 Å². The van der Waals surface area contributed by atoms with Gasteiger partial charge < -0.3 is 28.5 Å². The third-order valence-electron chi connectivity index (χ3n) is 15.1. The maximum atomic E-state index is 13.6. The van der Waals surface area contributed by atoms with Crippen molar-refractivity contribution in [2.24, 2.45) is 0 Å². The molecule has 0 aromatic carbocycles. The van der Waals surface area contributed by atoms with Crippen molar-refractivity contribution in [1.29, 1.82) is 0 Å². The molecule has 0 aliphatic heterocycles. The Morgan fingerprint density at radius 1 is 0.432 bits per heavy atom.